The first-order valence-electron chi connectivity index (χ1n) is 8.79. The number of aromatic nitrogens is 2. The molecule has 132 valence electrons. The van der Waals surface area contributed by atoms with Gasteiger partial charge in [-0.2, -0.15) is 4.98 Å². The molecule has 2 N–H and O–H groups in total. The molecule has 7 heteroatoms. The first kappa shape index (κ1) is 16.5. The minimum atomic E-state index is -0.353. The fourth-order valence-corrected chi connectivity index (χ4v) is 3.50. The minimum absolute atomic E-state index is 0.0977. The summed E-state index contributed by atoms with van der Waals surface area (Å²) in [5, 5.41) is 11.1. The maximum Gasteiger partial charge on any atom is 0.238 e. The van der Waals surface area contributed by atoms with Crippen molar-refractivity contribution in [1.29, 1.82) is 0 Å². The highest BCUT2D eigenvalue weighted by atomic mass is 35.5. The van der Waals surface area contributed by atoms with E-state index in [2.05, 4.69) is 20.8 Å². The van der Waals surface area contributed by atoms with Crippen LogP contribution >= 0.6 is 11.6 Å². The van der Waals surface area contributed by atoms with Crippen molar-refractivity contribution in [1.82, 2.24) is 15.5 Å². The van der Waals surface area contributed by atoms with E-state index in [4.69, 9.17) is 16.1 Å². The van der Waals surface area contributed by atoms with Gasteiger partial charge in [-0.25, -0.2) is 0 Å². The summed E-state index contributed by atoms with van der Waals surface area (Å²) in [7, 11) is 0. The Morgan fingerprint density at radius 3 is 2.64 bits per heavy atom. The summed E-state index contributed by atoms with van der Waals surface area (Å²) in [6.07, 6.45) is 6.30. The van der Waals surface area contributed by atoms with Gasteiger partial charge in [-0.1, -0.05) is 29.6 Å². The second kappa shape index (κ2) is 6.77. The van der Waals surface area contributed by atoms with Crippen LogP contribution in [0, 0.1) is 0 Å². The van der Waals surface area contributed by atoms with E-state index in [1.165, 1.54) is 0 Å². The Balaban J connectivity index is 1.41. The molecular formula is C18H21ClN4O2. The van der Waals surface area contributed by atoms with Gasteiger partial charge in [0.2, 0.25) is 11.8 Å². The van der Waals surface area contributed by atoms with Crippen LogP contribution in [0.3, 0.4) is 0 Å². The molecule has 6 nitrogen and oxygen atoms in total. The Morgan fingerprint density at radius 2 is 1.96 bits per heavy atom. The molecule has 2 saturated carbocycles. The molecular weight excluding hydrogens is 340 g/mol. The highest BCUT2D eigenvalue weighted by Crippen LogP contribution is 2.42. The number of amides is 1. The van der Waals surface area contributed by atoms with Crippen molar-refractivity contribution in [3.8, 4) is 0 Å². The number of hydrogen-bond donors (Lipinski definition) is 2. The van der Waals surface area contributed by atoms with Crippen molar-refractivity contribution < 1.29 is 9.32 Å². The van der Waals surface area contributed by atoms with Gasteiger partial charge >= 0.3 is 0 Å². The SMILES string of the molecule is O=C(CNC1(c2noc(C3CC3)n2)CCCC1)Nc1ccc(Cl)cc1. The van der Waals surface area contributed by atoms with Gasteiger partial charge in [0.25, 0.3) is 0 Å². The predicted molar refractivity (Wildman–Crippen MR) is 94.5 cm³/mol. The Morgan fingerprint density at radius 1 is 1.24 bits per heavy atom. The van der Waals surface area contributed by atoms with E-state index < -0.39 is 0 Å². The van der Waals surface area contributed by atoms with Crippen molar-refractivity contribution in [2.24, 2.45) is 0 Å². The second-order valence-corrected chi connectivity index (χ2v) is 7.36. The van der Waals surface area contributed by atoms with Crippen LogP contribution in [-0.4, -0.2) is 22.6 Å². The van der Waals surface area contributed by atoms with Crippen LogP contribution in [0.2, 0.25) is 5.02 Å². The van der Waals surface area contributed by atoms with Gasteiger partial charge in [0.05, 0.1) is 12.1 Å². The molecule has 1 aromatic heterocycles. The first-order valence-corrected chi connectivity index (χ1v) is 9.17. The van der Waals surface area contributed by atoms with Gasteiger partial charge in [0, 0.05) is 16.6 Å². The van der Waals surface area contributed by atoms with Crippen molar-refractivity contribution in [2.45, 2.75) is 50.0 Å². The second-order valence-electron chi connectivity index (χ2n) is 6.93. The molecule has 2 aliphatic rings. The fraction of sp³-hybridized carbons (Fsp3) is 0.500. The molecule has 0 spiro atoms. The summed E-state index contributed by atoms with van der Waals surface area (Å²) in [6, 6.07) is 7.07. The van der Waals surface area contributed by atoms with Crippen LogP contribution in [0.5, 0.6) is 0 Å². The summed E-state index contributed by atoms with van der Waals surface area (Å²) in [4.78, 5) is 16.9. The normalized spacial score (nSPS) is 19.1. The fourth-order valence-electron chi connectivity index (χ4n) is 3.37. The van der Waals surface area contributed by atoms with Gasteiger partial charge in [0.1, 0.15) is 0 Å². The number of carbonyl (C=O) groups is 1. The highest BCUT2D eigenvalue weighted by Gasteiger charge is 2.41. The largest absolute Gasteiger partial charge is 0.339 e. The van der Waals surface area contributed by atoms with Crippen LogP contribution in [0.1, 0.15) is 56.2 Å². The molecule has 0 bridgehead atoms. The average molecular weight is 361 g/mol. The summed E-state index contributed by atoms with van der Waals surface area (Å²) in [6.45, 7) is 0.204. The standard InChI is InChI=1S/C18H21ClN4O2/c19-13-5-7-14(8-6-13)21-15(24)11-20-18(9-1-2-10-18)17-22-16(25-23-17)12-3-4-12/h5-8,12,20H,1-4,9-11H2,(H,21,24). The quantitative estimate of drug-likeness (QED) is 0.822. The van der Waals surface area contributed by atoms with Crippen molar-refractivity contribution in [3.63, 3.8) is 0 Å². The molecule has 0 radical (unpaired) electrons. The molecule has 1 aromatic carbocycles. The molecule has 2 aliphatic carbocycles. The molecule has 2 aromatic rings. The van der Waals surface area contributed by atoms with E-state index in [0.29, 0.717) is 16.8 Å². The maximum atomic E-state index is 12.3. The molecule has 4 rings (SSSR count). The molecule has 0 aliphatic heterocycles. The zero-order valence-electron chi connectivity index (χ0n) is 13.9. The lowest BCUT2D eigenvalue weighted by atomic mass is 9.96. The molecule has 25 heavy (non-hydrogen) atoms. The number of anilines is 1. The van der Waals surface area contributed by atoms with Crippen LogP contribution in [0.25, 0.3) is 0 Å². The number of nitrogens with one attached hydrogen (secondary N) is 2. The van der Waals surface area contributed by atoms with E-state index in [-0.39, 0.29) is 18.0 Å². The Labute approximate surface area is 151 Å². The minimum Gasteiger partial charge on any atom is -0.339 e. The lowest BCUT2D eigenvalue weighted by Crippen LogP contribution is -2.44. The predicted octanol–water partition coefficient (Wildman–Crippen LogP) is 3.60. The number of carbonyl (C=O) groups excluding carboxylic acids is 1. The molecule has 0 atom stereocenters. The van der Waals surface area contributed by atoms with E-state index in [1.807, 2.05) is 0 Å². The van der Waals surface area contributed by atoms with Gasteiger partial charge in [-0.15, -0.1) is 0 Å². The maximum absolute atomic E-state index is 12.3. The zero-order valence-corrected chi connectivity index (χ0v) is 14.7. The monoisotopic (exact) mass is 360 g/mol. The van der Waals surface area contributed by atoms with Gasteiger partial charge in [-0.05, 0) is 49.9 Å². The van der Waals surface area contributed by atoms with Crippen molar-refractivity contribution in [2.75, 3.05) is 11.9 Å². The van der Waals surface area contributed by atoms with Crippen LogP contribution in [0.4, 0.5) is 5.69 Å². The highest BCUT2D eigenvalue weighted by molar-refractivity contribution is 6.30. The van der Waals surface area contributed by atoms with Crippen LogP contribution in [-0.2, 0) is 10.3 Å². The zero-order chi connectivity index (χ0) is 17.3. The number of hydrogen-bond acceptors (Lipinski definition) is 5. The lowest BCUT2D eigenvalue weighted by Gasteiger charge is -2.26. The summed E-state index contributed by atoms with van der Waals surface area (Å²) < 4.78 is 5.43. The summed E-state index contributed by atoms with van der Waals surface area (Å²) in [5.74, 6) is 1.78. The van der Waals surface area contributed by atoms with Gasteiger partial charge in [0.15, 0.2) is 5.82 Å². The Bertz CT molecular complexity index is 749. The third kappa shape index (κ3) is 3.70. The number of benzene rings is 1. The van der Waals surface area contributed by atoms with E-state index in [9.17, 15) is 4.79 Å². The smallest absolute Gasteiger partial charge is 0.238 e. The van der Waals surface area contributed by atoms with Gasteiger partial charge < -0.3 is 9.84 Å². The summed E-state index contributed by atoms with van der Waals surface area (Å²) in [5.41, 5.74) is 0.376. The topological polar surface area (TPSA) is 80.1 Å². The molecule has 1 heterocycles. The van der Waals surface area contributed by atoms with Crippen LogP contribution < -0.4 is 10.6 Å². The Kier molecular flexibility index (Phi) is 4.48. The number of halogens is 1. The van der Waals surface area contributed by atoms with Crippen molar-refractivity contribution in [3.05, 3.63) is 41.0 Å². The molecule has 1 amide bonds. The lowest BCUT2D eigenvalue weighted by molar-refractivity contribution is -0.115. The van der Waals surface area contributed by atoms with Gasteiger partial charge in [-0.3, -0.25) is 10.1 Å². The van der Waals surface area contributed by atoms with Crippen molar-refractivity contribution >= 4 is 23.2 Å². The first-order chi connectivity index (χ1) is 12.1. The third-order valence-electron chi connectivity index (χ3n) is 4.97. The number of rotatable bonds is 6. The summed E-state index contributed by atoms with van der Waals surface area (Å²) >= 11 is 5.86. The van der Waals surface area contributed by atoms with E-state index in [0.717, 1.165) is 50.1 Å². The third-order valence-corrected chi connectivity index (χ3v) is 5.22. The number of nitrogens with zero attached hydrogens (tertiary/aromatic N) is 2. The average Bonchev–Trinajstić information content (AvgIpc) is 3.14. The molecule has 0 unspecified atom stereocenters. The molecule has 0 saturated heterocycles. The Hall–Kier alpha value is -1.92. The molecule has 2 fully saturated rings. The van der Waals surface area contributed by atoms with E-state index in [1.54, 1.807) is 24.3 Å². The van der Waals surface area contributed by atoms with Crippen LogP contribution in [0.15, 0.2) is 28.8 Å². The van der Waals surface area contributed by atoms with E-state index >= 15 is 0 Å².